The second kappa shape index (κ2) is 10.0. The zero-order chi connectivity index (χ0) is 22.5. The topological polar surface area (TPSA) is 77.5 Å². The van der Waals surface area contributed by atoms with Gasteiger partial charge in [0.15, 0.2) is 0 Å². The molecule has 0 aliphatic heterocycles. The molecule has 4 rings (SSSR count). The van der Waals surface area contributed by atoms with E-state index in [4.69, 9.17) is 9.15 Å². The predicted molar refractivity (Wildman–Crippen MR) is 130 cm³/mol. The van der Waals surface area contributed by atoms with Crippen molar-refractivity contribution < 1.29 is 19.1 Å². The van der Waals surface area contributed by atoms with Crippen LogP contribution in [0.4, 0.5) is 0 Å². The van der Waals surface area contributed by atoms with Crippen molar-refractivity contribution in [2.24, 2.45) is 0 Å². The molecular formula is C25H23IN2O4. The van der Waals surface area contributed by atoms with Crippen LogP contribution in [-0.2, 0) is 17.6 Å². The lowest BCUT2D eigenvalue weighted by Gasteiger charge is -2.15. The van der Waals surface area contributed by atoms with E-state index in [1.807, 2.05) is 67.6 Å². The van der Waals surface area contributed by atoms with Gasteiger partial charge in [-0.15, -0.1) is 0 Å². The largest absolute Gasteiger partial charge is 0.492 e. The van der Waals surface area contributed by atoms with E-state index in [1.54, 1.807) is 17.0 Å². The first-order valence-corrected chi connectivity index (χ1v) is 11.4. The van der Waals surface area contributed by atoms with Crippen LogP contribution >= 0.6 is 22.6 Å². The number of aliphatic carboxylic acids is 1. The van der Waals surface area contributed by atoms with Gasteiger partial charge in [-0.2, -0.15) is 0 Å². The second-order valence-corrected chi connectivity index (χ2v) is 8.60. The molecule has 0 saturated heterocycles. The van der Waals surface area contributed by atoms with Crippen LogP contribution in [-0.4, -0.2) is 27.2 Å². The second-order valence-electron chi connectivity index (χ2n) is 7.44. The fraction of sp³-hybridized carbons (Fsp3) is 0.200. The molecule has 0 unspecified atom stereocenters. The van der Waals surface area contributed by atoms with Crippen LogP contribution in [0.2, 0.25) is 0 Å². The van der Waals surface area contributed by atoms with Gasteiger partial charge in [0.1, 0.15) is 17.6 Å². The Bertz CT molecular complexity index is 1190. The summed E-state index contributed by atoms with van der Waals surface area (Å²) in [5.41, 5.74) is 2.78. The van der Waals surface area contributed by atoms with E-state index >= 15 is 0 Å². The number of nitrogens with zero attached hydrogens (tertiary/aromatic N) is 2. The SMILES string of the molecule is Cc1oc(-c2ccccc2)nc1CCOc1ccc(C[C@@H](C(=O)O)n2cccc2)cc1I. The lowest BCUT2D eigenvalue weighted by Crippen LogP contribution is -2.20. The molecule has 0 amide bonds. The Morgan fingerprint density at radius 2 is 1.91 bits per heavy atom. The maximum Gasteiger partial charge on any atom is 0.327 e. The van der Waals surface area contributed by atoms with Crippen LogP contribution < -0.4 is 4.74 Å². The number of benzene rings is 2. The van der Waals surface area contributed by atoms with Gasteiger partial charge in [-0.05, 0) is 71.5 Å². The highest BCUT2D eigenvalue weighted by Crippen LogP contribution is 2.26. The van der Waals surface area contributed by atoms with Gasteiger partial charge in [0.05, 0.1) is 15.9 Å². The molecule has 7 heteroatoms. The lowest BCUT2D eigenvalue weighted by atomic mass is 10.1. The highest BCUT2D eigenvalue weighted by molar-refractivity contribution is 14.1. The first kappa shape index (κ1) is 22.1. The Morgan fingerprint density at radius 3 is 2.59 bits per heavy atom. The van der Waals surface area contributed by atoms with Crippen LogP contribution in [0.5, 0.6) is 5.75 Å². The lowest BCUT2D eigenvalue weighted by molar-refractivity contribution is -0.140. The summed E-state index contributed by atoms with van der Waals surface area (Å²) in [6.45, 7) is 2.38. The first-order chi connectivity index (χ1) is 15.5. The summed E-state index contributed by atoms with van der Waals surface area (Å²) >= 11 is 2.22. The Balaban J connectivity index is 1.37. The zero-order valence-corrected chi connectivity index (χ0v) is 19.7. The molecule has 0 aliphatic carbocycles. The molecule has 0 saturated carbocycles. The summed E-state index contributed by atoms with van der Waals surface area (Å²) in [5, 5.41) is 9.59. The number of aromatic nitrogens is 2. The molecular weight excluding hydrogens is 519 g/mol. The zero-order valence-electron chi connectivity index (χ0n) is 17.6. The molecule has 6 nitrogen and oxygen atoms in total. The number of halogens is 1. The fourth-order valence-corrected chi connectivity index (χ4v) is 4.24. The first-order valence-electron chi connectivity index (χ1n) is 10.3. The van der Waals surface area contributed by atoms with Gasteiger partial charge in [0, 0.05) is 30.8 Å². The average Bonchev–Trinajstić information content (AvgIpc) is 3.44. The number of carbonyl (C=O) groups is 1. The van der Waals surface area contributed by atoms with Crippen molar-refractivity contribution in [3.05, 3.63) is 93.6 Å². The Kier molecular flexibility index (Phi) is 6.94. The molecule has 2 aromatic carbocycles. The summed E-state index contributed by atoms with van der Waals surface area (Å²) < 4.78 is 14.4. The molecule has 4 aromatic rings. The van der Waals surface area contributed by atoms with Crippen LogP contribution in [0.1, 0.15) is 23.1 Å². The van der Waals surface area contributed by atoms with Gasteiger partial charge in [0.2, 0.25) is 5.89 Å². The van der Waals surface area contributed by atoms with Gasteiger partial charge in [-0.3, -0.25) is 0 Å². The minimum absolute atomic E-state index is 0.403. The number of hydrogen-bond acceptors (Lipinski definition) is 4. The molecule has 1 atom stereocenters. The van der Waals surface area contributed by atoms with E-state index in [0.29, 0.717) is 25.3 Å². The average molecular weight is 542 g/mol. The summed E-state index contributed by atoms with van der Waals surface area (Å²) in [7, 11) is 0. The molecule has 0 aliphatic rings. The quantitative estimate of drug-likeness (QED) is 0.281. The number of carboxylic acids is 1. The minimum Gasteiger partial charge on any atom is -0.492 e. The van der Waals surface area contributed by atoms with E-state index in [2.05, 4.69) is 27.6 Å². The summed E-state index contributed by atoms with van der Waals surface area (Å²) in [6, 6.07) is 18.6. The van der Waals surface area contributed by atoms with Crippen LogP contribution in [0.25, 0.3) is 11.5 Å². The minimum atomic E-state index is -0.852. The molecule has 0 radical (unpaired) electrons. The third-order valence-electron chi connectivity index (χ3n) is 5.21. The van der Waals surface area contributed by atoms with Gasteiger partial charge < -0.3 is 18.8 Å². The Hall–Kier alpha value is -3.07. The van der Waals surface area contributed by atoms with Crippen molar-refractivity contribution in [2.75, 3.05) is 6.61 Å². The van der Waals surface area contributed by atoms with Gasteiger partial charge in [-0.1, -0.05) is 24.3 Å². The van der Waals surface area contributed by atoms with E-state index in [-0.39, 0.29) is 0 Å². The van der Waals surface area contributed by atoms with Crippen molar-refractivity contribution in [1.82, 2.24) is 9.55 Å². The molecule has 32 heavy (non-hydrogen) atoms. The third-order valence-corrected chi connectivity index (χ3v) is 6.05. The van der Waals surface area contributed by atoms with Gasteiger partial charge >= 0.3 is 5.97 Å². The summed E-state index contributed by atoms with van der Waals surface area (Å²) in [4.78, 5) is 16.3. The van der Waals surface area contributed by atoms with Crippen molar-refractivity contribution in [3.8, 4) is 17.2 Å². The fourth-order valence-electron chi connectivity index (χ4n) is 3.51. The molecule has 0 fully saturated rings. The van der Waals surface area contributed by atoms with Gasteiger partial charge in [0.25, 0.3) is 0 Å². The maximum absolute atomic E-state index is 11.7. The molecule has 2 aromatic heterocycles. The van der Waals surface area contributed by atoms with E-state index < -0.39 is 12.0 Å². The van der Waals surface area contributed by atoms with Gasteiger partial charge in [-0.25, -0.2) is 9.78 Å². The molecule has 164 valence electrons. The molecule has 2 heterocycles. The summed E-state index contributed by atoms with van der Waals surface area (Å²) in [5.74, 6) is 1.33. The summed E-state index contributed by atoms with van der Waals surface area (Å²) in [6.07, 6.45) is 4.59. The highest BCUT2D eigenvalue weighted by Gasteiger charge is 2.19. The standard InChI is InChI=1S/C25H23IN2O4/c1-17-21(27-24(32-17)19-7-3-2-4-8-19)11-14-31-23-10-9-18(15-20(23)26)16-22(25(29)30)28-12-5-6-13-28/h2-10,12-13,15,22H,11,14,16H2,1H3,(H,29,30)/t22-/m0/s1. The van der Waals surface area contributed by atoms with Crippen molar-refractivity contribution in [1.29, 1.82) is 0 Å². The number of rotatable bonds is 9. The molecule has 0 spiro atoms. The number of aryl methyl sites for hydroxylation is 1. The predicted octanol–water partition coefficient (Wildman–Crippen LogP) is 5.55. The molecule has 0 bridgehead atoms. The Morgan fingerprint density at radius 1 is 1.16 bits per heavy atom. The maximum atomic E-state index is 11.7. The van der Waals surface area contributed by atoms with E-state index in [0.717, 1.165) is 31.9 Å². The smallest absolute Gasteiger partial charge is 0.327 e. The third kappa shape index (κ3) is 5.21. The van der Waals surface area contributed by atoms with E-state index in [1.165, 1.54) is 0 Å². The number of hydrogen-bond donors (Lipinski definition) is 1. The number of carboxylic acid groups (broad SMARTS) is 1. The number of ether oxygens (including phenoxy) is 1. The number of oxazole rings is 1. The highest BCUT2D eigenvalue weighted by atomic mass is 127. The normalized spacial score (nSPS) is 11.9. The van der Waals surface area contributed by atoms with Crippen molar-refractivity contribution >= 4 is 28.6 Å². The van der Waals surface area contributed by atoms with Crippen LogP contribution in [0, 0.1) is 10.5 Å². The van der Waals surface area contributed by atoms with Crippen LogP contribution in [0.15, 0.2) is 77.5 Å². The molecule has 1 N–H and O–H groups in total. The van der Waals surface area contributed by atoms with Crippen LogP contribution in [0.3, 0.4) is 0 Å². The van der Waals surface area contributed by atoms with Crippen molar-refractivity contribution in [2.45, 2.75) is 25.8 Å². The van der Waals surface area contributed by atoms with Crippen molar-refractivity contribution in [3.63, 3.8) is 0 Å². The Labute approximate surface area is 200 Å². The monoisotopic (exact) mass is 542 g/mol. The van der Waals surface area contributed by atoms with E-state index in [9.17, 15) is 9.90 Å².